The number of nitrogens with one attached hydrogen (secondary N) is 1. The second kappa shape index (κ2) is 6.55. The van der Waals surface area contributed by atoms with Gasteiger partial charge >= 0.3 is 0 Å². The third-order valence-corrected chi connectivity index (χ3v) is 4.76. The van der Waals surface area contributed by atoms with Crippen molar-refractivity contribution in [1.29, 1.82) is 0 Å². The first-order valence-corrected chi connectivity index (χ1v) is 7.88. The fourth-order valence-corrected chi connectivity index (χ4v) is 3.06. The van der Waals surface area contributed by atoms with Crippen molar-refractivity contribution in [3.63, 3.8) is 0 Å². The highest BCUT2D eigenvalue weighted by Gasteiger charge is 2.20. The molecule has 0 atom stereocenters. The van der Waals surface area contributed by atoms with Crippen molar-refractivity contribution in [2.24, 2.45) is 5.92 Å². The quantitative estimate of drug-likeness (QED) is 0.853. The molecule has 0 bridgehead atoms. The van der Waals surface area contributed by atoms with Crippen molar-refractivity contribution >= 4 is 21.7 Å². The number of rotatable bonds is 4. The third kappa shape index (κ3) is 3.71. The molecule has 1 aromatic rings. The highest BCUT2D eigenvalue weighted by Crippen LogP contribution is 2.29. The molecule has 0 spiro atoms. The molecule has 1 aromatic heterocycles. The summed E-state index contributed by atoms with van der Waals surface area (Å²) >= 11 is 3.49. The molecule has 1 saturated carbocycles. The molecule has 0 amide bonds. The first kappa shape index (κ1) is 13.9. The van der Waals surface area contributed by atoms with Gasteiger partial charge in [0.1, 0.15) is 5.82 Å². The lowest BCUT2D eigenvalue weighted by Crippen LogP contribution is -2.26. The minimum atomic E-state index is 0.617. The molecule has 0 radical (unpaired) electrons. The second-order valence-corrected chi connectivity index (χ2v) is 6.27. The van der Waals surface area contributed by atoms with E-state index >= 15 is 0 Å². The molecule has 18 heavy (non-hydrogen) atoms. The Morgan fingerprint density at radius 3 is 2.61 bits per heavy atom. The number of aromatic nitrogens is 1. The summed E-state index contributed by atoms with van der Waals surface area (Å²) in [5.41, 5.74) is 1.06. The van der Waals surface area contributed by atoms with E-state index in [1.54, 1.807) is 0 Å². The van der Waals surface area contributed by atoms with E-state index in [9.17, 15) is 0 Å². The lowest BCUT2D eigenvalue weighted by molar-refractivity contribution is 0.318. The highest BCUT2D eigenvalue weighted by atomic mass is 79.9. The van der Waals surface area contributed by atoms with Crippen LogP contribution in [0.5, 0.6) is 0 Å². The van der Waals surface area contributed by atoms with E-state index in [1.807, 2.05) is 6.92 Å². The summed E-state index contributed by atoms with van der Waals surface area (Å²) in [6, 6.07) is 4.76. The zero-order valence-electron chi connectivity index (χ0n) is 11.4. The van der Waals surface area contributed by atoms with E-state index in [4.69, 9.17) is 0 Å². The Kier molecular flexibility index (Phi) is 5.04. The molecule has 1 fully saturated rings. The van der Waals surface area contributed by atoms with E-state index in [0.29, 0.717) is 6.04 Å². The van der Waals surface area contributed by atoms with E-state index in [1.165, 1.54) is 38.5 Å². The van der Waals surface area contributed by atoms with Gasteiger partial charge in [-0.05, 0) is 66.6 Å². The fourth-order valence-electron chi connectivity index (χ4n) is 2.84. The molecule has 0 aliphatic heterocycles. The normalized spacial score (nSPS) is 23.9. The van der Waals surface area contributed by atoms with E-state index < -0.39 is 0 Å². The third-order valence-electron chi connectivity index (χ3n) is 3.92. The molecule has 3 heteroatoms. The van der Waals surface area contributed by atoms with Crippen LogP contribution in [0.1, 0.15) is 51.1 Å². The topological polar surface area (TPSA) is 24.9 Å². The van der Waals surface area contributed by atoms with Gasteiger partial charge in [0.2, 0.25) is 0 Å². The van der Waals surface area contributed by atoms with Crippen molar-refractivity contribution in [1.82, 2.24) is 4.98 Å². The predicted octanol–water partition coefficient (Wildman–Crippen LogP) is 4.92. The number of halogens is 1. The standard InChI is InChI=1S/C15H23BrN2/c1-3-4-12-5-7-13(8-6-12)18-15-10-9-14(16)11(2)17-15/h9-10,12-13H,3-8H2,1-2H3,(H,17,18). The van der Waals surface area contributed by atoms with Crippen LogP contribution in [0.4, 0.5) is 5.82 Å². The molecule has 0 unspecified atom stereocenters. The van der Waals surface area contributed by atoms with Crippen molar-refractivity contribution in [3.8, 4) is 0 Å². The number of aryl methyl sites for hydroxylation is 1. The maximum absolute atomic E-state index is 4.56. The van der Waals surface area contributed by atoms with Gasteiger partial charge in [0.15, 0.2) is 0 Å². The van der Waals surface area contributed by atoms with Crippen molar-refractivity contribution < 1.29 is 0 Å². The minimum absolute atomic E-state index is 0.617. The molecule has 0 aromatic carbocycles. The van der Waals surface area contributed by atoms with Gasteiger partial charge in [0.05, 0.1) is 5.69 Å². The average molecular weight is 311 g/mol. The second-order valence-electron chi connectivity index (χ2n) is 5.41. The Labute approximate surface area is 119 Å². The summed E-state index contributed by atoms with van der Waals surface area (Å²) in [6.45, 7) is 4.33. The number of hydrogen-bond donors (Lipinski definition) is 1. The molecule has 1 aliphatic rings. The first-order chi connectivity index (χ1) is 8.69. The van der Waals surface area contributed by atoms with Crippen LogP contribution in [0.3, 0.4) is 0 Å². The summed E-state index contributed by atoms with van der Waals surface area (Å²) in [5.74, 6) is 1.99. The van der Waals surface area contributed by atoms with Gasteiger partial charge in [0, 0.05) is 10.5 Å². The average Bonchev–Trinajstić information content (AvgIpc) is 2.37. The summed E-state index contributed by atoms with van der Waals surface area (Å²) < 4.78 is 1.08. The lowest BCUT2D eigenvalue weighted by Gasteiger charge is -2.29. The van der Waals surface area contributed by atoms with Crippen molar-refractivity contribution in [2.75, 3.05) is 5.32 Å². The summed E-state index contributed by atoms with van der Waals surface area (Å²) in [5, 5.41) is 3.58. The van der Waals surface area contributed by atoms with E-state index in [-0.39, 0.29) is 0 Å². The van der Waals surface area contributed by atoms with Crippen molar-refractivity contribution in [3.05, 3.63) is 22.3 Å². The molecule has 1 heterocycles. The fraction of sp³-hybridized carbons (Fsp3) is 0.667. The summed E-state index contributed by atoms with van der Waals surface area (Å²) in [7, 11) is 0. The number of hydrogen-bond acceptors (Lipinski definition) is 2. The zero-order chi connectivity index (χ0) is 13.0. The van der Waals surface area contributed by atoms with Crippen LogP contribution in [0.15, 0.2) is 16.6 Å². The van der Waals surface area contributed by atoms with Gasteiger partial charge in [0.25, 0.3) is 0 Å². The molecule has 1 aliphatic carbocycles. The number of pyridine rings is 1. The summed E-state index contributed by atoms with van der Waals surface area (Å²) in [4.78, 5) is 4.56. The van der Waals surface area contributed by atoms with Gasteiger partial charge in [-0.1, -0.05) is 19.8 Å². The van der Waals surface area contributed by atoms with Crippen LogP contribution in [-0.4, -0.2) is 11.0 Å². The Balaban J connectivity index is 1.85. The smallest absolute Gasteiger partial charge is 0.126 e. The Morgan fingerprint density at radius 1 is 1.28 bits per heavy atom. The number of nitrogens with zero attached hydrogens (tertiary/aromatic N) is 1. The Bertz CT molecular complexity index is 384. The molecule has 0 saturated heterocycles. The van der Waals surface area contributed by atoms with Crippen LogP contribution in [-0.2, 0) is 0 Å². The minimum Gasteiger partial charge on any atom is -0.367 e. The van der Waals surface area contributed by atoms with Crippen LogP contribution in [0.25, 0.3) is 0 Å². The monoisotopic (exact) mass is 310 g/mol. The Morgan fingerprint density at radius 2 is 2.00 bits per heavy atom. The number of anilines is 1. The van der Waals surface area contributed by atoms with Crippen LogP contribution in [0, 0.1) is 12.8 Å². The van der Waals surface area contributed by atoms with Crippen LogP contribution in [0.2, 0.25) is 0 Å². The molecule has 2 rings (SSSR count). The molecule has 1 N–H and O–H groups in total. The van der Waals surface area contributed by atoms with Crippen LogP contribution >= 0.6 is 15.9 Å². The van der Waals surface area contributed by atoms with Gasteiger partial charge in [-0.3, -0.25) is 0 Å². The largest absolute Gasteiger partial charge is 0.367 e. The lowest BCUT2D eigenvalue weighted by atomic mass is 9.83. The molecular formula is C15H23BrN2. The zero-order valence-corrected chi connectivity index (χ0v) is 13.0. The van der Waals surface area contributed by atoms with Gasteiger partial charge in [-0.25, -0.2) is 4.98 Å². The van der Waals surface area contributed by atoms with Gasteiger partial charge < -0.3 is 5.32 Å². The molecular weight excluding hydrogens is 288 g/mol. The maximum atomic E-state index is 4.56. The Hall–Kier alpha value is -0.570. The van der Waals surface area contributed by atoms with E-state index in [2.05, 4.69) is 45.3 Å². The van der Waals surface area contributed by atoms with Gasteiger partial charge in [-0.2, -0.15) is 0 Å². The highest BCUT2D eigenvalue weighted by molar-refractivity contribution is 9.10. The summed E-state index contributed by atoms with van der Waals surface area (Å²) in [6.07, 6.45) is 8.07. The molecule has 100 valence electrons. The van der Waals surface area contributed by atoms with Crippen molar-refractivity contribution in [2.45, 2.75) is 58.4 Å². The molecule has 2 nitrogen and oxygen atoms in total. The van der Waals surface area contributed by atoms with Crippen LogP contribution < -0.4 is 5.32 Å². The first-order valence-electron chi connectivity index (χ1n) is 7.08. The predicted molar refractivity (Wildman–Crippen MR) is 81.0 cm³/mol. The van der Waals surface area contributed by atoms with E-state index in [0.717, 1.165) is 21.9 Å². The maximum Gasteiger partial charge on any atom is 0.126 e. The van der Waals surface area contributed by atoms with Gasteiger partial charge in [-0.15, -0.1) is 0 Å². The SMILES string of the molecule is CCCC1CCC(Nc2ccc(Br)c(C)n2)CC1.